The minimum atomic E-state index is -2.32. The predicted molar refractivity (Wildman–Crippen MR) is 305 cm³/mol. The molecular formula is C64H68N4O15. The number of carbonyl (C=O) groups excluding carboxylic acids is 6. The average Bonchev–Trinajstić information content (AvgIpc) is 0.748. The van der Waals surface area contributed by atoms with Crippen LogP contribution in [-0.4, -0.2) is 130 Å². The first kappa shape index (κ1) is 59.1. The Morgan fingerprint density at radius 3 is 1.99 bits per heavy atom. The molecule has 0 unspecified atom stereocenters. The van der Waals surface area contributed by atoms with Crippen LogP contribution in [-0.2, 0) is 38.1 Å². The molecule has 1 saturated heterocycles. The zero-order chi connectivity index (χ0) is 59.6. The standard InChI is InChI=1S/C64H68N4O15/c1-36-23-25-46(70)43(29-36)33-65-27-28-66-34-44-30-45(24-26-47(44)71)67-60(77)81-53(52(40-17-11-8-12-18-40)68-57(74)41-19-13-9-14-20-41)59(76)80-48-32-64(78)56(82-58(75)42-21-15-10-16-22-42)54-62(7,55(73)38(3)51(37(48)2)61(64,5)6)49(72)31-50-63(54,35-79-50)83-39(4)69/h8-26,29-30,33-34,38,48-50,52-54,56,70-72,78H,27-28,31-32,35H2,1-7H3,(H,67,77)(H,68,74)/t38-,48+,49+,50-,52+,53-,54+,56+,62-,63+,64-/m1/s1. The van der Waals surface area contributed by atoms with Crippen LogP contribution < -0.4 is 10.6 Å². The maximum Gasteiger partial charge on any atom is 0.412 e. The number of phenols is 2. The highest BCUT2D eigenvalue weighted by Gasteiger charge is 2.77. The van der Waals surface area contributed by atoms with Gasteiger partial charge in [-0.25, -0.2) is 14.4 Å². The molecule has 434 valence electrons. The summed E-state index contributed by atoms with van der Waals surface area (Å²) in [5, 5.41) is 52.7. The Balaban J connectivity index is 1.08. The first-order valence-corrected chi connectivity index (χ1v) is 27.4. The van der Waals surface area contributed by atoms with Gasteiger partial charge in [0.25, 0.3) is 5.91 Å². The van der Waals surface area contributed by atoms with Gasteiger partial charge in [0.2, 0.25) is 6.10 Å². The first-order chi connectivity index (χ1) is 39.5. The number of carbonyl (C=O) groups is 6. The van der Waals surface area contributed by atoms with Crippen LogP contribution in [0.25, 0.3) is 0 Å². The van der Waals surface area contributed by atoms with Crippen molar-refractivity contribution in [3.05, 3.63) is 172 Å². The van der Waals surface area contributed by atoms with Crippen LogP contribution in [0.1, 0.15) is 103 Å². The molecule has 0 radical (unpaired) electrons. The fourth-order valence-electron chi connectivity index (χ4n) is 12.8. The summed E-state index contributed by atoms with van der Waals surface area (Å²) in [6.07, 6.45) is -6.59. The Labute approximate surface area is 480 Å². The summed E-state index contributed by atoms with van der Waals surface area (Å²) in [6, 6.07) is 32.2. The average molecular weight is 1130 g/mol. The number of aliphatic hydroxyl groups excluding tert-OH is 1. The van der Waals surface area contributed by atoms with Crippen LogP contribution in [0.2, 0.25) is 0 Å². The van der Waals surface area contributed by atoms with Gasteiger partial charge in [-0.2, -0.15) is 0 Å². The zero-order valence-electron chi connectivity index (χ0n) is 47.1. The number of hydrogen-bond donors (Lipinski definition) is 6. The molecule has 2 saturated carbocycles. The van der Waals surface area contributed by atoms with Gasteiger partial charge in [0.15, 0.2) is 5.60 Å². The molecule has 19 nitrogen and oxygen atoms in total. The summed E-state index contributed by atoms with van der Waals surface area (Å²) in [7, 11) is 0. The molecule has 0 aromatic heterocycles. The van der Waals surface area contributed by atoms with Crippen LogP contribution >= 0.6 is 0 Å². The third-order valence-corrected chi connectivity index (χ3v) is 17.0. The first-order valence-electron chi connectivity index (χ1n) is 27.4. The fourth-order valence-corrected chi connectivity index (χ4v) is 12.8. The highest BCUT2D eigenvalue weighted by molar-refractivity contribution is 5.96. The van der Waals surface area contributed by atoms with E-state index in [0.717, 1.165) is 5.56 Å². The van der Waals surface area contributed by atoms with E-state index in [0.29, 0.717) is 22.3 Å². The van der Waals surface area contributed by atoms with Crippen molar-refractivity contribution in [1.82, 2.24) is 5.32 Å². The molecule has 83 heavy (non-hydrogen) atoms. The van der Waals surface area contributed by atoms with Crippen molar-refractivity contribution in [3.8, 4) is 11.5 Å². The van der Waals surface area contributed by atoms with E-state index < -0.39 is 113 Å². The number of rotatable bonds is 16. The van der Waals surface area contributed by atoms with E-state index in [1.54, 1.807) is 131 Å². The quantitative estimate of drug-likeness (QED) is 0.0137. The molecule has 2 bridgehead atoms. The normalized spacial score (nSPS) is 26.9. The number of fused-ring (bicyclic) bond motifs is 5. The number of esters is 3. The second kappa shape index (κ2) is 23.8. The monoisotopic (exact) mass is 1130 g/mol. The van der Waals surface area contributed by atoms with Crippen LogP contribution in [0, 0.1) is 29.6 Å². The fraction of sp³-hybridized carbons (Fsp3) is 0.375. The Kier molecular flexibility index (Phi) is 16.9. The van der Waals surface area contributed by atoms with Gasteiger partial charge in [-0.15, -0.1) is 0 Å². The Bertz CT molecular complexity index is 3390. The second-order valence-electron chi connectivity index (χ2n) is 22.5. The largest absolute Gasteiger partial charge is 0.507 e. The van der Waals surface area contributed by atoms with Gasteiger partial charge in [0.05, 0.1) is 42.7 Å². The third kappa shape index (κ3) is 11.4. The van der Waals surface area contributed by atoms with Gasteiger partial charge in [-0.1, -0.05) is 99.1 Å². The predicted octanol–water partition coefficient (Wildman–Crippen LogP) is 7.95. The Morgan fingerprint density at radius 1 is 0.795 bits per heavy atom. The van der Waals surface area contributed by atoms with E-state index in [9.17, 15) is 39.6 Å². The molecule has 9 rings (SSSR count). The molecule has 19 heteroatoms. The topological polar surface area (TPSA) is 278 Å². The summed E-state index contributed by atoms with van der Waals surface area (Å²) in [4.78, 5) is 96.1. The molecular weight excluding hydrogens is 1060 g/mol. The Morgan fingerprint density at radius 2 is 1.39 bits per heavy atom. The molecule has 6 N–H and O–H groups in total. The lowest BCUT2D eigenvalue weighted by molar-refractivity contribution is -0.345. The minimum absolute atomic E-state index is 0.0837. The number of amides is 2. The van der Waals surface area contributed by atoms with Crippen LogP contribution in [0.4, 0.5) is 10.5 Å². The molecule has 5 aromatic carbocycles. The second-order valence-corrected chi connectivity index (χ2v) is 22.5. The number of anilines is 1. The van der Waals surface area contributed by atoms with Crippen molar-refractivity contribution in [3.63, 3.8) is 0 Å². The van der Waals surface area contributed by atoms with Gasteiger partial charge in [0.1, 0.15) is 47.2 Å². The van der Waals surface area contributed by atoms with Crippen molar-refractivity contribution < 1.29 is 72.9 Å². The maximum absolute atomic E-state index is 15.6. The summed E-state index contributed by atoms with van der Waals surface area (Å²) >= 11 is 0. The summed E-state index contributed by atoms with van der Waals surface area (Å²) in [5.41, 5.74) is -4.32. The third-order valence-electron chi connectivity index (χ3n) is 17.0. The van der Waals surface area contributed by atoms with Crippen molar-refractivity contribution >= 4 is 53.8 Å². The lowest BCUT2D eigenvalue weighted by atomic mass is 9.43. The number of Topliss-reactive ketones (excluding diaryl/α,β-unsaturated/α-hetero) is 1. The molecule has 3 fully saturated rings. The molecule has 1 aliphatic heterocycles. The zero-order valence-corrected chi connectivity index (χ0v) is 47.1. The van der Waals surface area contributed by atoms with E-state index >= 15 is 9.59 Å². The van der Waals surface area contributed by atoms with Crippen LogP contribution in [0.3, 0.4) is 0 Å². The summed E-state index contributed by atoms with van der Waals surface area (Å²) in [5.74, 6) is -6.69. The number of benzene rings is 5. The number of ether oxygens (including phenoxy) is 5. The molecule has 2 amide bonds. The van der Waals surface area contributed by atoms with Crippen LogP contribution in [0.5, 0.6) is 11.5 Å². The number of aliphatic imine (C=N–C) groups is 2. The molecule has 11 atom stereocenters. The number of phenolic OH excluding ortho intramolecular Hbond substituents is 2. The summed E-state index contributed by atoms with van der Waals surface area (Å²) in [6.45, 7) is 11.4. The van der Waals surface area contributed by atoms with E-state index in [-0.39, 0.29) is 60.0 Å². The van der Waals surface area contributed by atoms with Gasteiger partial charge >= 0.3 is 24.0 Å². The number of aryl methyl sites for hydroxylation is 1. The minimum Gasteiger partial charge on any atom is -0.507 e. The van der Waals surface area contributed by atoms with Gasteiger partial charge < -0.3 is 49.4 Å². The van der Waals surface area contributed by atoms with Gasteiger partial charge in [0, 0.05) is 65.9 Å². The highest BCUT2D eigenvalue weighted by Crippen LogP contribution is 2.65. The number of ketones is 1. The molecule has 4 aliphatic rings. The number of nitrogens with zero attached hydrogens (tertiary/aromatic N) is 2. The number of aliphatic hydroxyl groups is 2. The molecule has 1 heterocycles. The molecule has 5 aromatic rings. The van der Waals surface area contributed by atoms with Crippen molar-refractivity contribution in [2.24, 2.45) is 32.7 Å². The van der Waals surface area contributed by atoms with Crippen molar-refractivity contribution in [2.75, 3.05) is 25.0 Å². The van der Waals surface area contributed by atoms with E-state index in [4.69, 9.17) is 23.7 Å². The lowest BCUT2D eigenvalue weighted by Crippen LogP contribution is -2.81. The van der Waals surface area contributed by atoms with Crippen molar-refractivity contribution in [2.45, 2.75) is 109 Å². The maximum atomic E-state index is 15.6. The van der Waals surface area contributed by atoms with Gasteiger partial charge in [-0.3, -0.25) is 29.7 Å². The van der Waals surface area contributed by atoms with E-state index in [1.165, 1.54) is 50.4 Å². The van der Waals surface area contributed by atoms with E-state index in [2.05, 4.69) is 20.6 Å². The van der Waals surface area contributed by atoms with Crippen LogP contribution in [0.15, 0.2) is 149 Å². The molecule has 0 spiro atoms. The number of hydrogen-bond acceptors (Lipinski definition) is 17. The molecule has 3 aliphatic carbocycles. The van der Waals surface area contributed by atoms with Gasteiger partial charge in [-0.05, 0) is 92.1 Å². The van der Waals surface area contributed by atoms with E-state index in [1.807, 2.05) is 6.92 Å². The smallest absolute Gasteiger partial charge is 0.412 e. The number of nitrogens with one attached hydrogen (secondary N) is 2. The SMILES string of the molecule is CC(=O)O[C@@]12CO[C@@H]1C[C@H](O)[C@@]1(C)C(=O)[C@H](C)C3=C(C)[C@@H](OC(=O)[C@H](OC(=O)Nc4ccc(O)c(C=NCCN=Cc5cc(C)ccc5O)c4)[C@@H](NC(=O)c4ccccc4)c4ccccc4)C[C@@](O)([C@@H](OC(=O)c4ccccc4)[C@H]21)C3(C)C. The number of aromatic hydroxyl groups is 2. The highest BCUT2D eigenvalue weighted by atomic mass is 16.6. The Hall–Kier alpha value is -8.52. The lowest BCUT2D eigenvalue weighted by Gasteiger charge is -2.67. The van der Waals surface area contributed by atoms with Crippen molar-refractivity contribution in [1.29, 1.82) is 0 Å². The summed E-state index contributed by atoms with van der Waals surface area (Å²) < 4.78 is 31.3.